The number of carbonyl (C=O) groups is 2. The molecular weight excluding hydrogens is 549 g/mol. The molecule has 2 amide bonds. The molecular formula is C25H21BrFN5O3S. The van der Waals surface area contributed by atoms with E-state index >= 15 is 0 Å². The lowest BCUT2D eigenvalue weighted by Gasteiger charge is -2.12. The minimum Gasteiger partial charge on any atom is -0.496 e. The average molecular weight is 570 g/mol. The molecule has 0 radical (unpaired) electrons. The van der Waals surface area contributed by atoms with Gasteiger partial charge >= 0.3 is 0 Å². The van der Waals surface area contributed by atoms with Gasteiger partial charge in [0.2, 0.25) is 5.91 Å². The first-order valence-corrected chi connectivity index (χ1v) is 12.5. The first kappa shape index (κ1) is 25.4. The molecule has 184 valence electrons. The fourth-order valence-electron chi connectivity index (χ4n) is 3.30. The van der Waals surface area contributed by atoms with E-state index in [1.54, 1.807) is 28.8 Å². The van der Waals surface area contributed by atoms with Crippen molar-refractivity contribution >= 4 is 45.2 Å². The molecule has 0 saturated heterocycles. The van der Waals surface area contributed by atoms with Gasteiger partial charge in [-0.15, -0.1) is 10.2 Å². The maximum Gasteiger partial charge on any atom is 0.255 e. The van der Waals surface area contributed by atoms with Gasteiger partial charge in [0.25, 0.3) is 5.91 Å². The highest BCUT2D eigenvalue weighted by molar-refractivity contribution is 9.10. The van der Waals surface area contributed by atoms with Crippen LogP contribution in [-0.2, 0) is 11.3 Å². The summed E-state index contributed by atoms with van der Waals surface area (Å²) in [5.74, 6) is 0.0401. The van der Waals surface area contributed by atoms with Crippen LogP contribution in [0.5, 0.6) is 5.75 Å². The van der Waals surface area contributed by atoms with Crippen molar-refractivity contribution < 1.29 is 18.7 Å². The summed E-state index contributed by atoms with van der Waals surface area (Å²) in [5, 5.41) is 14.6. The summed E-state index contributed by atoms with van der Waals surface area (Å²) >= 11 is 4.62. The Balaban J connectivity index is 1.51. The molecule has 0 aliphatic heterocycles. The molecule has 2 N–H and O–H groups in total. The molecule has 0 spiro atoms. The quantitative estimate of drug-likeness (QED) is 0.280. The molecule has 8 nitrogen and oxygen atoms in total. The Morgan fingerprint density at radius 2 is 1.75 bits per heavy atom. The number of anilines is 1. The Kier molecular flexibility index (Phi) is 8.34. The normalized spacial score (nSPS) is 10.6. The molecule has 0 aliphatic rings. The fourth-order valence-corrected chi connectivity index (χ4v) is 4.34. The number of thioether (sulfide) groups is 1. The van der Waals surface area contributed by atoms with Gasteiger partial charge in [-0.3, -0.25) is 14.2 Å². The zero-order valence-electron chi connectivity index (χ0n) is 19.1. The minimum absolute atomic E-state index is 0.0552. The van der Waals surface area contributed by atoms with Crippen LogP contribution in [0.4, 0.5) is 10.1 Å². The number of nitrogens with one attached hydrogen (secondary N) is 2. The number of nitrogens with zero attached hydrogens (tertiary/aromatic N) is 3. The fraction of sp³-hybridized carbons (Fsp3) is 0.120. The van der Waals surface area contributed by atoms with E-state index in [9.17, 15) is 14.0 Å². The Bertz CT molecular complexity index is 1360. The van der Waals surface area contributed by atoms with Crippen LogP contribution in [0.25, 0.3) is 5.69 Å². The summed E-state index contributed by atoms with van der Waals surface area (Å²) < 4.78 is 21.1. The van der Waals surface area contributed by atoms with Gasteiger partial charge in [0, 0.05) is 15.8 Å². The van der Waals surface area contributed by atoms with Crippen LogP contribution in [0.3, 0.4) is 0 Å². The molecule has 0 bridgehead atoms. The molecule has 0 fully saturated rings. The second-order valence-corrected chi connectivity index (χ2v) is 9.30. The Hall–Kier alpha value is -3.70. The van der Waals surface area contributed by atoms with Crippen LogP contribution < -0.4 is 15.4 Å². The standard InChI is InChI=1S/C25H21BrFN5O3S/c1-35-21-5-3-2-4-20(21)24(34)28-14-22-30-31-25(32(22)19-12-6-16(26)7-13-19)36-15-23(33)29-18-10-8-17(27)9-11-18/h2-13H,14-15H2,1H3,(H,28,34)(H,29,33). The lowest BCUT2D eigenvalue weighted by atomic mass is 10.2. The van der Waals surface area contributed by atoms with Crippen molar-refractivity contribution in [2.24, 2.45) is 0 Å². The Morgan fingerprint density at radius 1 is 1.03 bits per heavy atom. The van der Waals surface area contributed by atoms with Gasteiger partial charge < -0.3 is 15.4 Å². The van der Waals surface area contributed by atoms with Crippen LogP contribution in [0, 0.1) is 5.82 Å². The van der Waals surface area contributed by atoms with E-state index in [4.69, 9.17) is 4.74 Å². The molecule has 1 aromatic heterocycles. The van der Waals surface area contributed by atoms with Gasteiger partial charge in [0.1, 0.15) is 11.6 Å². The number of aromatic nitrogens is 3. The van der Waals surface area contributed by atoms with Crippen molar-refractivity contribution in [1.29, 1.82) is 0 Å². The van der Waals surface area contributed by atoms with Gasteiger partial charge in [0.05, 0.1) is 25.0 Å². The van der Waals surface area contributed by atoms with Gasteiger partial charge in [-0.2, -0.15) is 0 Å². The highest BCUT2D eigenvalue weighted by Crippen LogP contribution is 2.24. The Labute approximate surface area is 219 Å². The van der Waals surface area contributed by atoms with Crippen molar-refractivity contribution in [3.63, 3.8) is 0 Å². The van der Waals surface area contributed by atoms with Crippen LogP contribution in [-0.4, -0.2) is 39.4 Å². The predicted octanol–water partition coefficient (Wildman–Crippen LogP) is 4.84. The van der Waals surface area contributed by atoms with Crippen LogP contribution in [0.2, 0.25) is 0 Å². The van der Waals surface area contributed by atoms with Crippen LogP contribution in [0.15, 0.2) is 82.4 Å². The monoisotopic (exact) mass is 569 g/mol. The van der Waals surface area contributed by atoms with Crippen molar-refractivity contribution in [3.8, 4) is 11.4 Å². The molecule has 3 aromatic carbocycles. The molecule has 0 saturated carbocycles. The van der Waals surface area contributed by atoms with E-state index in [0.717, 1.165) is 10.2 Å². The number of methoxy groups -OCH3 is 1. The number of halogens is 2. The number of hydrogen-bond acceptors (Lipinski definition) is 6. The smallest absolute Gasteiger partial charge is 0.255 e. The van der Waals surface area contributed by atoms with Gasteiger partial charge in [-0.1, -0.05) is 39.8 Å². The molecule has 36 heavy (non-hydrogen) atoms. The predicted molar refractivity (Wildman–Crippen MR) is 139 cm³/mol. The SMILES string of the molecule is COc1ccccc1C(=O)NCc1nnc(SCC(=O)Nc2ccc(F)cc2)n1-c1ccc(Br)cc1. The number of amides is 2. The summed E-state index contributed by atoms with van der Waals surface area (Å²) in [6.07, 6.45) is 0. The second-order valence-electron chi connectivity index (χ2n) is 7.44. The number of ether oxygens (including phenoxy) is 1. The van der Waals surface area contributed by atoms with E-state index in [-0.39, 0.29) is 29.9 Å². The van der Waals surface area contributed by atoms with Crippen molar-refractivity contribution in [3.05, 3.63) is 94.5 Å². The average Bonchev–Trinajstić information content (AvgIpc) is 3.30. The van der Waals surface area contributed by atoms with Crippen molar-refractivity contribution in [1.82, 2.24) is 20.1 Å². The maximum absolute atomic E-state index is 13.1. The van der Waals surface area contributed by atoms with E-state index in [0.29, 0.717) is 28.0 Å². The third-order valence-electron chi connectivity index (χ3n) is 5.00. The highest BCUT2D eigenvalue weighted by Gasteiger charge is 2.18. The lowest BCUT2D eigenvalue weighted by Crippen LogP contribution is -2.25. The summed E-state index contributed by atoms with van der Waals surface area (Å²) in [6.45, 7) is 0.0995. The molecule has 11 heteroatoms. The van der Waals surface area contributed by atoms with Crippen molar-refractivity contribution in [2.75, 3.05) is 18.2 Å². The summed E-state index contributed by atoms with van der Waals surface area (Å²) in [7, 11) is 1.51. The summed E-state index contributed by atoms with van der Waals surface area (Å²) in [4.78, 5) is 25.2. The number of hydrogen-bond donors (Lipinski definition) is 2. The molecule has 0 aliphatic carbocycles. The number of benzene rings is 3. The zero-order valence-corrected chi connectivity index (χ0v) is 21.5. The second kappa shape index (κ2) is 11.8. The van der Waals surface area contributed by atoms with Crippen molar-refractivity contribution in [2.45, 2.75) is 11.7 Å². The number of rotatable bonds is 9. The molecule has 0 unspecified atom stereocenters. The van der Waals surface area contributed by atoms with E-state index < -0.39 is 0 Å². The van der Waals surface area contributed by atoms with E-state index in [2.05, 4.69) is 36.8 Å². The van der Waals surface area contributed by atoms with Crippen LogP contribution >= 0.6 is 27.7 Å². The van der Waals surface area contributed by atoms with Gasteiger partial charge in [-0.05, 0) is 60.7 Å². The summed E-state index contributed by atoms with van der Waals surface area (Å²) in [6, 6.07) is 20.0. The lowest BCUT2D eigenvalue weighted by molar-refractivity contribution is -0.113. The third-order valence-corrected chi connectivity index (χ3v) is 6.46. The number of para-hydroxylation sites is 1. The van der Waals surface area contributed by atoms with Gasteiger partial charge in [0.15, 0.2) is 11.0 Å². The van der Waals surface area contributed by atoms with E-state index in [1.165, 1.54) is 43.1 Å². The minimum atomic E-state index is -0.379. The molecule has 1 heterocycles. The molecule has 4 rings (SSSR count). The van der Waals surface area contributed by atoms with E-state index in [1.807, 2.05) is 24.3 Å². The third kappa shape index (κ3) is 6.29. The first-order chi connectivity index (χ1) is 17.4. The van der Waals surface area contributed by atoms with Gasteiger partial charge in [-0.25, -0.2) is 4.39 Å². The summed E-state index contributed by atoms with van der Waals surface area (Å²) in [5.41, 5.74) is 1.67. The first-order valence-electron chi connectivity index (χ1n) is 10.7. The largest absolute Gasteiger partial charge is 0.496 e. The number of carbonyl (C=O) groups excluding carboxylic acids is 2. The topological polar surface area (TPSA) is 98.1 Å². The Morgan fingerprint density at radius 3 is 2.47 bits per heavy atom. The maximum atomic E-state index is 13.1. The van der Waals surface area contributed by atoms with Crippen LogP contribution in [0.1, 0.15) is 16.2 Å². The highest BCUT2D eigenvalue weighted by atomic mass is 79.9. The molecule has 0 atom stereocenters. The molecule has 4 aromatic rings. The zero-order chi connectivity index (χ0) is 25.5.